The minimum atomic E-state index is -4.20. The average Bonchev–Trinajstić information content (AvgIpc) is 3.29. The molecule has 13 heteroatoms. The van der Waals surface area contributed by atoms with Gasteiger partial charge < -0.3 is 20.4 Å². The molecular formula is C18H14F6HfO6. The summed E-state index contributed by atoms with van der Waals surface area (Å²) in [4.78, 5) is 18.6. The molecule has 2 aliphatic rings. The molecule has 0 atom stereocenters. The monoisotopic (exact) mass is 620 g/mol. The van der Waals surface area contributed by atoms with Crippen molar-refractivity contribution in [2.75, 3.05) is 0 Å². The van der Waals surface area contributed by atoms with Gasteiger partial charge in [0.15, 0.2) is 0 Å². The smallest absolute Gasteiger partial charge is 0.868 e. The first kappa shape index (κ1) is 33.1. The second-order valence-corrected chi connectivity index (χ2v) is 4.85. The second-order valence-electron chi connectivity index (χ2n) is 4.85. The summed E-state index contributed by atoms with van der Waals surface area (Å²) < 4.78 is 69.7. The van der Waals surface area contributed by atoms with Crippen molar-refractivity contribution >= 4 is 11.9 Å². The second kappa shape index (κ2) is 15.3. The van der Waals surface area contributed by atoms with Gasteiger partial charge in [-0.15, -0.1) is 24.0 Å². The predicted molar refractivity (Wildman–Crippen MR) is 86.7 cm³/mol. The molecule has 2 aliphatic carbocycles. The van der Waals surface area contributed by atoms with E-state index in [-0.39, 0.29) is 38.7 Å². The zero-order chi connectivity index (χ0) is 24.1. The Labute approximate surface area is 191 Å². The molecule has 0 unspecified atom stereocenters. The van der Waals surface area contributed by atoms with E-state index in [1.807, 2.05) is 0 Å². The maximum Gasteiger partial charge on any atom is 4.00 e. The predicted octanol–water partition coefficient (Wildman–Crippen LogP) is 2.36. The van der Waals surface area contributed by atoms with E-state index in [2.05, 4.69) is 25.3 Å². The number of rotatable bonds is 2. The molecule has 168 valence electrons. The molecule has 0 saturated heterocycles. The van der Waals surface area contributed by atoms with Gasteiger partial charge in [-0.3, -0.25) is 12.2 Å². The first-order valence-electron chi connectivity index (χ1n) is 7.37. The Kier molecular flexibility index (Phi) is 16.3. The fourth-order valence-electron chi connectivity index (χ4n) is 1.20. The van der Waals surface area contributed by atoms with Gasteiger partial charge in [-0.25, -0.2) is 21.7 Å². The van der Waals surface area contributed by atoms with Crippen LogP contribution in [0.2, 0.25) is 0 Å². The van der Waals surface area contributed by atoms with E-state index >= 15 is 0 Å². The number of carboxylic acid groups (broad SMARTS) is 2. The van der Waals surface area contributed by atoms with E-state index in [0.29, 0.717) is 0 Å². The molecule has 0 aromatic heterocycles. The summed E-state index contributed by atoms with van der Waals surface area (Å²) in [6.07, 6.45) is 1.47. The van der Waals surface area contributed by atoms with Crippen LogP contribution in [-0.2, 0) is 35.4 Å². The number of hydrogen-bond acceptors (Lipinski definition) is 4. The molecule has 2 rings (SSSR count). The van der Waals surface area contributed by atoms with Crippen molar-refractivity contribution in [1.29, 1.82) is 0 Å². The Morgan fingerprint density at radius 1 is 0.806 bits per heavy atom. The van der Waals surface area contributed by atoms with Crippen LogP contribution in [0.25, 0.3) is 0 Å². The summed E-state index contributed by atoms with van der Waals surface area (Å²) in [6.45, 7) is 5.20. The topological polar surface area (TPSA) is 121 Å². The average molecular weight is 619 g/mol. The molecule has 0 amide bonds. The van der Waals surface area contributed by atoms with Crippen LogP contribution >= 0.6 is 0 Å². The van der Waals surface area contributed by atoms with Gasteiger partial charge >= 0.3 is 50.1 Å². The van der Waals surface area contributed by atoms with Crippen LogP contribution < -0.4 is 10.2 Å². The van der Waals surface area contributed by atoms with E-state index in [9.17, 15) is 46.1 Å². The molecule has 0 aromatic rings. The molecule has 0 aromatic carbocycles. The summed E-state index contributed by atoms with van der Waals surface area (Å²) in [7, 11) is 0. The van der Waals surface area contributed by atoms with Crippen LogP contribution in [0.15, 0.2) is 60.1 Å². The van der Waals surface area contributed by atoms with Crippen LogP contribution in [0.1, 0.15) is 12.8 Å². The van der Waals surface area contributed by atoms with E-state index < -0.39 is 47.0 Å². The number of aliphatic carboxylic acids is 2. The van der Waals surface area contributed by atoms with Gasteiger partial charge in [0.05, 0.1) is 0 Å². The molecule has 0 saturated carbocycles. The van der Waals surface area contributed by atoms with Crippen LogP contribution in [-0.4, -0.2) is 34.5 Å². The molecule has 0 spiro atoms. The Bertz CT molecular complexity index is 672. The van der Waals surface area contributed by atoms with E-state index in [1.54, 1.807) is 0 Å². The molecule has 0 heterocycles. The first-order chi connectivity index (χ1) is 13.5. The fourth-order valence-corrected chi connectivity index (χ4v) is 1.20. The zero-order valence-electron chi connectivity index (χ0n) is 15.4. The fraction of sp³-hybridized carbons (Fsp3) is 0.222. The van der Waals surface area contributed by atoms with E-state index in [1.165, 1.54) is 12.2 Å². The number of allylic oxidation sites excluding steroid dienone is 8. The van der Waals surface area contributed by atoms with Gasteiger partial charge in [-0.1, -0.05) is 13.2 Å². The molecule has 0 bridgehead atoms. The molecule has 2 N–H and O–H groups in total. The largest absolute Gasteiger partial charge is 4.00 e. The minimum absolute atomic E-state index is 0. The Hall–Kier alpha value is -2.57. The standard InChI is InChI=1S/2C6H4F3.2C3H4O3.Hf/c2*7-6(8,9)5-3-1-2-4-5;2*1-2(4)3(5)6;/h2*1,3H,2H2;2*4H,1H2,(H,5,6);/q2*-1;;;+4/p-2. The SMILES string of the molecule is C=C([O-])C(=O)O.C=C([O-])C(=O)O.FC(F)(F)C1=[C-]CC=C1.FC(F)(F)C1=[C-]CC=C1.[Hf+4]. The zero-order valence-corrected chi connectivity index (χ0v) is 19.0. The van der Waals surface area contributed by atoms with Gasteiger partial charge in [-0.05, 0) is 11.5 Å². The van der Waals surface area contributed by atoms with Crippen LogP contribution in [0.5, 0.6) is 0 Å². The van der Waals surface area contributed by atoms with Crippen molar-refractivity contribution in [2.24, 2.45) is 0 Å². The normalized spacial score (nSPS) is 13.5. The quantitative estimate of drug-likeness (QED) is 0.161. The third-order valence-corrected chi connectivity index (χ3v) is 2.48. The van der Waals surface area contributed by atoms with Crippen molar-refractivity contribution in [3.8, 4) is 0 Å². The Morgan fingerprint density at radius 3 is 1.10 bits per heavy atom. The van der Waals surface area contributed by atoms with E-state index in [0.717, 1.165) is 12.2 Å². The van der Waals surface area contributed by atoms with Gasteiger partial charge in [0, 0.05) is 0 Å². The van der Waals surface area contributed by atoms with Crippen LogP contribution in [0, 0.1) is 12.2 Å². The number of hydrogen-bond donors (Lipinski definition) is 2. The maximum absolute atomic E-state index is 11.6. The van der Waals surface area contributed by atoms with Crippen molar-refractivity contribution in [3.63, 3.8) is 0 Å². The molecule has 6 nitrogen and oxygen atoms in total. The third kappa shape index (κ3) is 18.0. The summed E-state index contributed by atoms with van der Waals surface area (Å²) >= 11 is 0. The maximum atomic E-state index is 11.6. The van der Waals surface area contributed by atoms with Crippen LogP contribution in [0.4, 0.5) is 26.3 Å². The van der Waals surface area contributed by atoms with E-state index in [4.69, 9.17) is 10.2 Å². The summed E-state index contributed by atoms with van der Waals surface area (Å²) in [5.74, 6) is -5.13. The molecule has 0 radical (unpaired) electrons. The minimum Gasteiger partial charge on any atom is -0.868 e. The van der Waals surface area contributed by atoms with Crippen LogP contribution in [0.3, 0.4) is 0 Å². The Balaban J connectivity index is -0.000000341. The van der Waals surface area contributed by atoms with Crippen molar-refractivity contribution in [1.82, 2.24) is 0 Å². The van der Waals surface area contributed by atoms with Crippen molar-refractivity contribution in [2.45, 2.75) is 25.2 Å². The first-order valence-corrected chi connectivity index (χ1v) is 7.37. The third-order valence-electron chi connectivity index (χ3n) is 2.48. The van der Waals surface area contributed by atoms with Crippen molar-refractivity contribution < 1.29 is 82.2 Å². The summed E-state index contributed by atoms with van der Waals surface area (Å²) in [6, 6.07) is 0. The molecular weight excluding hydrogens is 605 g/mol. The number of alkyl halides is 6. The number of carbonyl (C=O) groups is 2. The van der Waals surface area contributed by atoms with Gasteiger partial charge in [0.25, 0.3) is 0 Å². The van der Waals surface area contributed by atoms with Gasteiger partial charge in [0.2, 0.25) is 0 Å². The molecule has 0 fully saturated rings. The molecule has 31 heavy (non-hydrogen) atoms. The number of halogens is 6. The Morgan fingerprint density at radius 2 is 1.03 bits per heavy atom. The van der Waals surface area contributed by atoms with Gasteiger partial charge in [-0.2, -0.15) is 38.5 Å². The van der Waals surface area contributed by atoms with Crippen molar-refractivity contribution in [3.05, 3.63) is 72.3 Å². The number of carboxylic acids is 2. The molecule has 0 aliphatic heterocycles. The summed E-state index contributed by atoms with van der Waals surface area (Å²) in [5.41, 5.74) is -1.30. The van der Waals surface area contributed by atoms with Gasteiger partial charge in [0.1, 0.15) is 0 Å². The summed E-state index contributed by atoms with van der Waals surface area (Å²) in [5, 5.41) is 34.0.